The Morgan fingerprint density at radius 3 is 0.831 bits per heavy atom. The van der Waals surface area contributed by atoms with Crippen LogP contribution in [0.5, 0.6) is 0 Å². The van der Waals surface area contributed by atoms with Gasteiger partial charge in [0.2, 0.25) is 0 Å². The van der Waals surface area contributed by atoms with Crippen LogP contribution in [0.2, 0.25) is 0 Å². The van der Waals surface area contributed by atoms with Crippen LogP contribution in [0.3, 0.4) is 0 Å². The van der Waals surface area contributed by atoms with Crippen molar-refractivity contribution in [1.29, 1.82) is 0 Å². The SMILES string of the molecule is CCCCCCCCCCCCC(=O)O[C@@H](COC(=O)CCCCCCCCCCCCCCCC(C)C)COC(=O)CCCCCCCCCCCCCCC(C)C. The van der Waals surface area contributed by atoms with Crippen LogP contribution in [0.1, 0.15) is 291 Å². The van der Waals surface area contributed by atoms with Gasteiger partial charge in [-0.25, -0.2) is 0 Å². The highest BCUT2D eigenvalue weighted by Crippen LogP contribution is 2.17. The van der Waals surface area contributed by atoms with Crippen molar-refractivity contribution in [2.24, 2.45) is 11.8 Å². The van der Waals surface area contributed by atoms with E-state index < -0.39 is 6.10 Å². The Hall–Kier alpha value is -1.59. The third-order valence-corrected chi connectivity index (χ3v) is 12.0. The molecule has 0 aromatic rings. The molecule has 0 aromatic carbocycles. The van der Waals surface area contributed by atoms with Crippen molar-refractivity contribution in [3.05, 3.63) is 0 Å². The Morgan fingerprint density at radius 1 is 0.322 bits per heavy atom. The van der Waals surface area contributed by atoms with E-state index in [9.17, 15) is 14.4 Å². The second-order valence-electron chi connectivity index (χ2n) is 19.1. The zero-order valence-electron chi connectivity index (χ0n) is 40.4. The third-order valence-electron chi connectivity index (χ3n) is 12.0. The maximum atomic E-state index is 12.7. The van der Waals surface area contributed by atoms with Crippen molar-refractivity contribution in [2.45, 2.75) is 298 Å². The van der Waals surface area contributed by atoms with Crippen molar-refractivity contribution in [3.8, 4) is 0 Å². The number of carbonyl (C=O) groups excluding carboxylic acids is 3. The van der Waals surface area contributed by atoms with Gasteiger partial charge in [0, 0.05) is 19.3 Å². The fourth-order valence-electron chi connectivity index (χ4n) is 7.99. The van der Waals surface area contributed by atoms with Crippen LogP contribution in [0.25, 0.3) is 0 Å². The summed E-state index contributed by atoms with van der Waals surface area (Å²) in [5.74, 6) is 0.826. The van der Waals surface area contributed by atoms with Gasteiger partial charge in [-0.05, 0) is 31.1 Å². The molecule has 6 heteroatoms. The minimum atomic E-state index is -0.761. The average Bonchev–Trinajstić information content (AvgIpc) is 3.20. The minimum absolute atomic E-state index is 0.0635. The highest BCUT2D eigenvalue weighted by atomic mass is 16.6. The van der Waals surface area contributed by atoms with E-state index in [0.717, 1.165) is 69.6 Å². The van der Waals surface area contributed by atoms with Gasteiger partial charge >= 0.3 is 17.9 Å². The molecule has 0 fully saturated rings. The third kappa shape index (κ3) is 47.3. The summed E-state index contributed by atoms with van der Waals surface area (Å²) in [6.45, 7) is 11.4. The molecular formula is C53H102O6. The van der Waals surface area contributed by atoms with Crippen molar-refractivity contribution >= 4 is 17.9 Å². The predicted octanol–water partition coefficient (Wildman–Crippen LogP) is 16.9. The van der Waals surface area contributed by atoms with Gasteiger partial charge in [0.1, 0.15) is 13.2 Å². The van der Waals surface area contributed by atoms with Crippen molar-refractivity contribution in [2.75, 3.05) is 13.2 Å². The first-order valence-electron chi connectivity index (χ1n) is 26.2. The summed E-state index contributed by atoms with van der Waals surface area (Å²) in [6.07, 6.45) is 46.6. The summed E-state index contributed by atoms with van der Waals surface area (Å²) in [4.78, 5) is 37.9. The smallest absolute Gasteiger partial charge is 0.306 e. The highest BCUT2D eigenvalue weighted by molar-refractivity contribution is 5.71. The first-order chi connectivity index (χ1) is 28.7. The molecule has 0 amide bonds. The second kappa shape index (κ2) is 45.9. The molecule has 0 unspecified atom stereocenters. The van der Waals surface area contributed by atoms with Gasteiger partial charge < -0.3 is 14.2 Å². The maximum absolute atomic E-state index is 12.7. The Kier molecular flexibility index (Phi) is 44.7. The minimum Gasteiger partial charge on any atom is -0.462 e. The first kappa shape index (κ1) is 57.4. The lowest BCUT2D eigenvalue weighted by atomic mass is 10.0. The van der Waals surface area contributed by atoms with Crippen LogP contribution < -0.4 is 0 Å². The summed E-state index contributed by atoms with van der Waals surface area (Å²) in [5, 5.41) is 0. The molecule has 59 heavy (non-hydrogen) atoms. The normalized spacial score (nSPS) is 12.1. The molecule has 0 heterocycles. The standard InChI is InChI=1S/C53H102O6/c1-6-7-8-9-10-11-23-30-35-40-45-53(56)59-50(47-58-52(55)44-39-34-29-25-20-16-15-18-22-27-32-37-42-49(4)5)46-57-51(54)43-38-33-28-24-19-14-12-13-17-21-26-31-36-41-48(2)3/h48-50H,6-47H2,1-5H3/t50-/m0/s1. The first-order valence-corrected chi connectivity index (χ1v) is 26.2. The van der Waals surface area contributed by atoms with Gasteiger partial charge in [-0.2, -0.15) is 0 Å². The number of esters is 3. The molecule has 0 aliphatic rings. The lowest BCUT2D eigenvalue weighted by Crippen LogP contribution is -2.30. The number of hydrogen-bond donors (Lipinski definition) is 0. The summed E-state index contributed by atoms with van der Waals surface area (Å²) >= 11 is 0. The molecule has 350 valence electrons. The Labute approximate surface area is 368 Å². The van der Waals surface area contributed by atoms with E-state index in [-0.39, 0.29) is 31.1 Å². The van der Waals surface area contributed by atoms with E-state index >= 15 is 0 Å². The number of rotatable bonds is 47. The predicted molar refractivity (Wildman–Crippen MR) is 252 cm³/mol. The van der Waals surface area contributed by atoms with Crippen LogP contribution in [-0.4, -0.2) is 37.2 Å². The Balaban J connectivity index is 4.26. The highest BCUT2D eigenvalue weighted by Gasteiger charge is 2.19. The molecule has 0 spiro atoms. The maximum Gasteiger partial charge on any atom is 0.306 e. The fraction of sp³-hybridized carbons (Fsp3) is 0.943. The topological polar surface area (TPSA) is 78.9 Å². The largest absolute Gasteiger partial charge is 0.462 e. The van der Waals surface area contributed by atoms with Gasteiger partial charge in [-0.1, -0.05) is 253 Å². The molecule has 0 saturated carbocycles. The van der Waals surface area contributed by atoms with Crippen LogP contribution in [0.15, 0.2) is 0 Å². The monoisotopic (exact) mass is 835 g/mol. The molecule has 0 bridgehead atoms. The van der Waals surface area contributed by atoms with E-state index in [1.54, 1.807) is 0 Å². The number of hydrogen-bond acceptors (Lipinski definition) is 6. The molecule has 0 aliphatic carbocycles. The van der Waals surface area contributed by atoms with Crippen LogP contribution >= 0.6 is 0 Å². The van der Waals surface area contributed by atoms with Gasteiger partial charge in [0.15, 0.2) is 6.10 Å². The molecule has 0 aromatic heterocycles. The van der Waals surface area contributed by atoms with E-state index in [2.05, 4.69) is 34.6 Å². The number of unbranched alkanes of at least 4 members (excludes halogenated alkanes) is 32. The van der Waals surface area contributed by atoms with Gasteiger partial charge in [0.25, 0.3) is 0 Å². The van der Waals surface area contributed by atoms with Crippen LogP contribution in [-0.2, 0) is 28.6 Å². The Morgan fingerprint density at radius 2 is 0.559 bits per heavy atom. The van der Waals surface area contributed by atoms with Gasteiger partial charge in [-0.15, -0.1) is 0 Å². The van der Waals surface area contributed by atoms with Crippen molar-refractivity contribution in [3.63, 3.8) is 0 Å². The molecule has 0 N–H and O–H groups in total. The quantitative estimate of drug-likeness (QED) is 0.0345. The zero-order chi connectivity index (χ0) is 43.3. The molecule has 0 saturated heterocycles. The van der Waals surface area contributed by atoms with Crippen LogP contribution in [0.4, 0.5) is 0 Å². The fourth-order valence-corrected chi connectivity index (χ4v) is 7.99. The Bertz CT molecular complexity index is 900. The summed E-state index contributed by atoms with van der Waals surface area (Å²) < 4.78 is 16.8. The lowest BCUT2D eigenvalue weighted by molar-refractivity contribution is -0.167. The van der Waals surface area contributed by atoms with Gasteiger partial charge in [-0.3, -0.25) is 14.4 Å². The summed E-state index contributed by atoms with van der Waals surface area (Å²) in [6, 6.07) is 0. The van der Waals surface area contributed by atoms with E-state index in [1.807, 2.05) is 0 Å². The number of carbonyl (C=O) groups is 3. The number of ether oxygens (including phenoxy) is 3. The molecule has 0 rings (SSSR count). The molecule has 1 atom stereocenters. The summed E-state index contributed by atoms with van der Waals surface area (Å²) in [5.41, 5.74) is 0. The van der Waals surface area contributed by atoms with Crippen molar-refractivity contribution in [1.82, 2.24) is 0 Å². The molecule has 6 nitrogen and oxygen atoms in total. The lowest BCUT2D eigenvalue weighted by Gasteiger charge is -2.18. The molecule has 0 radical (unpaired) electrons. The van der Waals surface area contributed by atoms with Gasteiger partial charge in [0.05, 0.1) is 0 Å². The second-order valence-corrected chi connectivity index (χ2v) is 19.1. The van der Waals surface area contributed by atoms with Crippen molar-refractivity contribution < 1.29 is 28.6 Å². The van der Waals surface area contributed by atoms with E-state index in [4.69, 9.17) is 14.2 Å². The average molecular weight is 835 g/mol. The zero-order valence-corrected chi connectivity index (χ0v) is 40.4. The van der Waals surface area contributed by atoms with Crippen LogP contribution in [0, 0.1) is 11.8 Å². The molecular weight excluding hydrogens is 733 g/mol. The summed E-state index contributed by atoms with van der Waals surface area (Å²) in [7, 11) is 0. The molecule has 0 aliphatic heterocycles. The van der Waals surface area contributed by atoms with E-state index in [1.165, 1.54) is 180 Å². The van der Waals surface area contributed by atoms with E-state index in [0.29, 0.717) is 19.3 Å².